The summed E-state index contributed by atoms with van der Waals surface area (Å²) < 4.78 is 12.0. The van der Waals surface area contributed by atoms with Crippen molar-refractivity contribution in [3.8, 4) is 0 Å². The lowest BCUT2D eigenvalue weighted by atomic mass is 9.95. The maximum Gasteiger partial charge on any atom is 0.222 e. The predicted molar refractivity (Wildman–Crippen MR) is 79.7 cm³/mol. The highest BCUT2D eigenvalue weighted by Gasteiger charge is 2.40. The van der Waals surface area contributed by atoms with Crippen LogP contribution < -0.4 is 0 Å². The minimum Gasteiger partial charge on any atom is -0.340 e. The summed E-state index contributed by atoms with van der Waals surface area (Å²) in [5.74, 6) is -0.736. The first-order valence-corrected chi connectivity index (χ1v) is 7.19. The minimum atomic E-state index is -0.736. The molecular weight excluding hydrogens is 248 g/mol. The largest absolute Gasteiger partial charge is 0.340 e. The summed E-state index contributed by atoms with van der Waals surface area (Å²) in [5, 5.41) is 0. The lowest BCUT2D eigenvalue weighted by Crippen LogP contribution is -2.28. The Kier molecular flexibility index (Phi) is 3.60. The SMILES string of the molecule is CCc1ccc(C2(c3ccc(C)cc3)OCCO2)cc1. The summed E-state index contributed by atoms with van der Waals surface area (Å²) >= 11 is 0. The molecule has 20 heavy (non-hydrogen) atoms. The molecule has 1 heterocycles. The fourth-order valence-electron chi connectivity index (χ4n) is 2.65. The Hall–Kier alpha value is -1.64. The molecule has 1 fully saturated rings. The van der Waals surface area contributed by atoms with Crippen molar-refractivity contribution in [3.63, 3.8) is 0 Å². The molecule has 3 rings (SSSR count). The van der Waals surface area contributed by atoms with E-state index in [2.05, 4.69) is 62.4 Å². The third-order valence-corrected chi connectivity index (χ3v) is 3.87. The third kappa shape index (κ3) is 2.26. The summed E-state index contributed by atoms with van der Waals surface area (Å²) in [4.78, 5) is 0. The van der Waals surface area contributed by atoms with Crippen LogP contribution in [-0.2, 0) is 21.7 Å². The quantitative estimate of drug-likeness (QED) is 0.843. The molecule has 0 atom stereocenters. The molecule has 2 heteroatoms. The number of aryl methyl sites for hydroxylation is 2. The lowest BCUT2D eigenvalue weighted by molar-refractivity contribution is -0.129. The highest BCUT2D eigenvalue weighted by atomic mass is 16.7. The summed E-state index contributed by atoms with van der Waals surface area (Å²) in [6.07, 6.45) is 1.04. The Morgan fingerprint density at radius 1 is 0.850 bits per heavy atom. The van der Waals surface area contributed by atoms with E-state index >= 15 is 0 Å². The van der Waals surface area contributed by atoms with Gasteiger partial charge in [-0.15, -0.1) is 0 Å². The van der Waals surface area contributed by atoms with Crippen LogP contribution in [0.1, 0.15) is 29.2 Å². The van der Waals surface area contributed by atoms with Gasteiger partial charge < -0.3 is 9.47 Å². The topological polar surface area (TPSA) is 18.5 Å². The summed E-state index contributed by atoms with van der Waals surface area (Å²) in [7, 11) is 0. The summed E-state index contributed by atoms with van der Waals surface area (Å²) in [5.41, 5.74) is 4.69. The van der Waals surface area contributed by atoms with Crippen LogP contribution >= 0.6 is 0 Å². The van der Waals surface area contributed by atoms with Crippen molar-refractivity contribution < 1.29 is 9.47 Å². The number of rotatable bonds is 3. The van der Waals surface area contributed by atoms with Crippen molar-refractivity contribution in [2.45, 2.75) is 26.1 Å². The molecule has 0 bridgehead atoms. The second-order valence-corrected chi connectivity index (χ2v) is 5.23. The Morgan fingerprint density at radius 2 is 1.35 bits per heavy atom. The van der Waals surface area contributed by atoms with Gasteiger partial charge >= 0.3 is 0 Å². The molecule has 0 aliphatic carbocycles. The molecule has 2 nitrogen and oxygen atoms in total. The first-order valence-electron chi connectivity index (χ1n) is 7.19. The molecule has 0 N–H and O–H groups in total. The van der Waals surface area contributed by atoms with Gasteiger partial charge in [-0.05, 0) is 18.9 Å². The molecule has 104 valence electrons. The zero-order valence-corrected chi connectivity index (χ0v) is 12.1. The molecule has 2 aromatic rings. The standard InChI is InChI=1S/C18H20O2/c1-3-15-6-10-17(11-7-15)18(19-12-13-20-18)16-8-4-14(2)5-9-16/h4-11H,3,12-13H2,1-2H3. The van der Waals surface area contributed by atoms with Gasteiger partial charge in [0.05, 0.1) is 13.2 Å². The average Bonchev–Trinajstić information content (AvgIpc) is 2.99. The van der Waals surface area contributed by atoms with E-state index in [9.17, 15) is 0 Å². The van der Waals surface area contributed by atoms with E-state index in [0.717, 1.165) is 17.5 Å². The number of benzene rings is 2. The van der Waals surface area contributed by atoms with Crippen LogP contribution in [0.4, 0.5) is 0 Å². The van der Waals surface area contributed by atoms with E-state index in [-0.39, 0.29) is 0 Å². The lowest BCUT2D eigenvalue weighted by Gasteiger charge is -2.28. The zero-order chi connectivity index (χ0) is 14.0. The van der Waals surface area contributed by atoms with E-state index in [1.807, 2.05) is 0 Å². The van der Waals surface area contributed by atoms with Crippen LogP contribution in [0.25, 0.3) is 0 Å². The number of ether oxygens (including phenoxy) is 2. The van der Waals surface area contributed by atoms with Crippen LogP contribution in [0.2, 0.25) is 0 Å². The normalized spacial score (nSPS) is 17.3. The molecular formula is C18H20O2. The van der Waals surface area contributed by atoms with Gasteiger partial charge in [0.1, 0.15) is 0 Å². The van der Waals surface area contributed by atoms with E-state index in [1.54, 1.807) is 0 Å². The predicted octanol–water partition coefficient (Wildman–Crippen LogP) is 3.81. The van der Waals surface area contributed by atoms with Crippen LogP contribution in [-0.4, -0.2) is 13.2 Å². The fourth-order valence-corrected chi connectivity index (χ4v) is 2.65. The van der Waals surface area contributed by atoms with Gasteiger partial charge in [-0.25, -0.2) is 0 Å². The molecule has 0 spiro atoms. The molecule has 1 aliphatic heterocycles. The molecule has 1 saturated heterocycles. The Bertz CT molecular complexity index is 563. The minimum absolute atomic E-state index is 0.628. The fraction of sp³-hybridized carbons (Fsp3) is 0.333. The zero-order valence-electron chi connectivity index (χ0n) is 12.1. The van der Waals surface area contributed by atoms with Crippen molar-refractivity contribution in [1.82, 2.24) is 0 Å². The van der Waals surface area contributed by atoms with Crippen molar-refractivity contribution in [1.29, 1.82) is 0 Å². The van der Waals surface area contributed by atoms with Crippen LogP contribution in [0.15, 0.2) is 48.5 Å². The summed E-state index contributed by atoms with van der Waals surface area (Å²) in [6.45, 7) is 5.50. The third-order valence-electron chi connectivity index (χ3n) is 3.87. The van der Waals surface area contributed by atoms with E-state index in [4.69, 9.17) is 9.47 Å². The first kappa shape index (κ1) is 13.3. The van der Waals surface area contributed by atoms with E-state index in [0.29, 0.717) is 13.2 Å². The maximum absolute atomic E-state index is 6.00. The number of hydrogen-bond acceptors (Lipinski definition) is 2. The smallest absolute Gasteiger partial charge is 0.222 e. The van der Waals surface area contributed by atoms with Crippen LogP contribution in [0.5, 0.6) is 0 Å². The maximum atomic E-state index is 6.00. The summed E-state index contributed by atoms with van der Waals surface area (Å²) in [6, 6.07) is 16.9. The molecule has 0 radical (unpaired) electrons. The van der Waals surface area contributed by atoms with Gasteiger partial charge in [-0.2, -0.15) is 0 Å². The Labute approximate surface area is 120 Å². The first-order chi connectivity index (χ1) is 9.74. The highest BCUT2D eigenvalue weighted by Crippen LogP contribution is 2.38. The molecule has 0 amide bonds. The van der Waals surface area contributed by atoms with Crippen molar-refractivity contribution >= 4 is 0 Å². The molecule has 0 saturated carbocycles. The van der Waals surface area contributed by atoms with Gasteiger partial charge in [0.25, 0.3) is 0 Å². The molecule has 1 aliphatic rings. The van der Waals surface area contributed by atoms with Crippen LogP contribution in [0.3, 0.4) is 0 Å². The second-order valence-electron chi connectivity index (χ2n) is 5.23. The van der Waals surface area contributed by atoms with Gasteiger partial charge in [0, 0.05) is 11.1 Å². The molecule has 2 aromatic carbocycles. The average molecular weight is 268 g/mol. The number of hydrogen-bond donors (Lipinski definition) is 0. The van der Waals surface area contributed by atoms with Crippen molar-refractivity contribution in [2.75, 3.05) is 13.2 Å². The molecule has 0 aromatic heterocycles. The van der Waals surface area contributed by atoms with Crippen LogP contribution in [0, 0.1) is 6.92 Å². The molecule has 0 unspecified atom stereocenters. The van der Waals surface area contributed by atoms with Gasteiger partial charge in [0.15, 0.2) is 0 Å². The Morgan fingerprint density at radius 3 is 1.85 bits per heavy atom. The Balaban J connectivity index is 2.04. The van der Waals surface area contributed by atoms with E-state index in [1.165, 1.54) is 11.1 Å². The van der Waals surface area contributed by atoms with E-state index < -0.39 is 5.79 Å². The monoisotopic (exact) mass is 268 g/mol. The van der Waals surface area contributed by atoms with Crippen molar-refractivity contribution in [3.05, 3.63) is 70.8 Å². The second kappa shape index (κ2) is 5.39. The highest BCUT2D eigenvalue weighted by molar-refractivity contribution is 5.37. The van der Waals surface area contributed by atoms with Gasteiger partial charge in [-0.3, -0.25) is 0 Å². The van der Waals surface area contributed by atoms with Gasteiger partial charge in [0.2, 0.25) is 5.79 Å². The van der Waals surface area contributed by atoms with Gasteiger partial charge in [-0.1, -0.05) is 61.0 Å². The van der Waals surface area contributed by atoms with Crippen molar-refractivity contribution in [2.24, 2.45) is 0 Å².